The molecular weight excluding hydrogens is 518 g/mol. The number of aryl methyl sites for hydroxylation is 1. The van der Waals surface area contributed by atoms with E-state index < -0.39 is 0 Å². The third kappa shape index (κ3) is 7.52. The van der Waals surface area contributed by atoms with E-state index in [0.717, 1.165) is 55.2 Å². The molecule has 5 rings (SSSR count). The van der Waals surface area contributed by atoms with Crippen LogP contribution in [0.2, 0.25) is 0 Å². The van der Waals surface area contributed by atoms with Crippen molar-refractivity contribution in [2.24, 2.45) is 0 Å². The molecule has 1 aliphatic heterocycles. The molecule has 0 saturated carbocycles. The van der Waals surface area contributed by atoms with E-state index in [2.05, 4.69) is 45.8 Å². The molecule has 4 heterocycles. The van der Waals surface area contributed by atoms with Crippen LogP contribution in [0.5, 0.6) is 0 Å². The van der Waals surface area contributed by atoms with Crippen LogP contribution in [0.15, 0.2) is 60.9 Å². The highest BCUT2D eigenvalue weighted by molar-refractivity contribution is 5.77. The fraction of sp³-hybridized carbons (Fsp3) is 0.333. The van der Waals surface area contributed by atoms with Crippen LogP contribution in [0.3, 0.4) is 0 Å². The minimum atomic E-state index is -0.236. The van der Waals surface area contributed by atoms with Gasteiger partial charge in [-0.05, 0) is 68.3 Å². The van der Waals surface area contributed by atoms with Crippen LogP contribution in [0.4, 0.5) is 29.0 Å². The van der Waals surface area contributed by atoms with Crippen LogP contribution in [-0.4, -0.2) is 63.2 Å². The molecule has 3 aromatic heterocycles. The third-order valence-electron chi connectivity index (χ3n) is 6.72. The van der Waals surface area contributed by atoms with Crippen LogP contribution in [-0.2, 0) is 16.0 Å². The Kier molecular flexibility index (Phi) is 8.95. The van der Waals surface area contributed by atoms with Crippen LogP contribution < -0.4 is 20.9 Å². The average molecular weight is 554 g/mol. The zero-order chi connectivity index (χ0) is 28.6. The molecule has 0 spiro atoms. The van der Waals surface area contributed by atoms with E-state index in [9.17, 15) is 4.79 Å². The van der Waals surface area contributed by atoms with E-state index in [1.807, 2.05) is 57.2 Å². The molecule has 212 valence electrons. The number of pyridine rings is 1. The van der Waals surface area contributed by atoms with Crippen molar-refractivity contribution in [2.45, 2.75) is 39.7 Å². The Morgan fingerprint density at radius 2 is 1.78 bits per heavy atom. The van der Waals surface area contributed by atoms with Gasteiger partial charge in [0, 0.05) is 55.6 Å². The maximum atomic E-state index is 12.7. The first-order chi connectivity index (χ1) is 20.0. The van der Waals surface area contributed by atoms with Gasteiger partial charge >= 0.3 is 5.97 Å². The van der Waals surface area contributed by atoms with Gasteiger partial charge in [-0.1, -0.05) is 13.0 Å². The van der Waals surface area contributed by atoms with Gasteiger partial charge in [0.1, 0.15) is 17.3 Å². The summed E-state index contributed by atoms with van der Waals surface area (Å²) in [7, 11) is 0. The predicted molar refractivity (Wildman–Crippen MR) is 160 cm³/mol. The lowest BCUT2D eigenvalue weighted by Gasteiger charge is -2.31. The van der Waals surface area contributed by atoms with E-state index in [1.165, 1.54) is 0 Å². The molecule has 1 atom stereocenters. The van der Waals surface area contributed by atoms with E-state index >= 15 is 0 Å². The van der Waals surface area contributed by atoms with Gasteiger partial charge in [-0.25, -0.2) is 19.9 Å². The van der Waals surface area contributed by atoms with Gasteiger partial charge < -0.3 is 25.6 Å². The topological polar surface area (TPSA) is 130 Å². The number of benzene rings is 1. The first kappa shape index (κ1) is 27.9. The molecule has 0 bridgehead atoms. The van der Waals surface area contributed by atoms with Crippen molar-refractivity contribution in [3.05, 3.63) is 72.2 Å². The van der Waals surface area contributed by atoms with Crippen LogP contribution in [0, 0.1) is 6.92 Å². The molecule has 1 aliphatic rings. The molecule has 1 aromatic carbocycles. The van der Waals surface area contributed by atoms with Gasteiger partial charge in [-0.2, -0.15) is 4.98 Å². The Labute approximate surface area is 239 Å². The number of piperazine rings is 1. The van der Waals surface area contributed by atoms with Gasteiger partial charge in [-0.3, -0.25) is 4.79 Å². The SMILES string of the molecule is CCC(C)OC(=O)Cc1cc(Nc2nccc(Nc3ccnc(-c4cccc(C)n4)n3)n2)ccc1N1CCNCC1. The van der Waals surface area contributed by atoms with E-state index in [1.54, 1.807) is 24.5 Å². The second-order valence-corrected chi connectivity index (χ2v) is 9.91. The lowest BCUT2D eigenvalue weighted by molar-refractivity contribution is -0.147. The predicted octanol–water partition coefficient (Wildman–Crippen LogP) is 4.42. The normalized spacial score (nSPS) is 13.9. The second-order valence-electron chi connectivity index (χ2n) is 9.91. The number of carbonyl (C=O) groups is 1. The lowest BCUT2D eigenvalue weighted by Crippen LogP contribution is -2.44. The van der Waals surface area contributed by atoms with E-state index in [0.29, 0.717) is 29.1 Å². The molecule has 1 unspecified atom stereocenters. The van der Waals surface area contributed by atoms with Crippen LogP contribution in [0.25, 0.3) is 11.5 Å². The smallest absolute Gasteiger partial charge is 0.310 e. The molecule has 1 saturated heterocycles. The monoisotopic (exact) mass is 553 g/mol. The molecular formula is C30H35N9O2. The number of hydrogen-bond donors (Lipinski definition) is 3. The van der Waals surface area contributed by atoms with Crippen molar-refractivity contribution in [3.8, 4) is 11.5 Å². The number of hydrogen-bond acceptors (Lipinski definition) is 11. The minimum absolute atomic E-state index is 0.117. The molecule has 11 nitrogen and oxygen atoms in total. The van der Waals surface area contributed by atoms with Crippen LogP contribution in [0.1, 0.15) is 31.5 Å². The number of nitrogens with zero attached hydrogens (tertiary/aromatic N) is 6. The van der Waals surface area contributed by atoms with Crippen molar-refractivity contribution >= 4 is 34.9 Å². The summed E-state index contributed by atoms with van der Waals surface area (Å²) in [6.07, 6.45) is 4.20. The number of esters is 1. The van der Waals surface area contributed by atoms with Gasteiger partial charge in [0.25, 0.3) is 0 Å². The summed E-state index contributed by atoms with van der Waals surface area (Å²) in [6.45, 7) is 9.40. The summed E-state index contributed by atoms with van der Waals surface area (Å²) in [5, 5.41) is 9.89. The minimum Gasteiger partial charge on any atom is -0.462 e. The highest BCUT2D eigenvalue weighted by Gasteiger charge is 2.18. The molecule has 0 aliphatic carbocycles. The largest absolute Gasteiger partial charge is 0.462 e. The fourth-order valence-corrected chi connectivity index (χ4v) is 4.49. The van der Waals surface area contributed by atoms with Crippen molar-refractivity contribution < 1.29 is 9.53 Å². The Morgan fingerprint density at radius 1 is 1.00 bits per heavy atom. The number of carbonyl (C=O) groups excluding carboxylic acids is 1. The molecule has 0 radical (unpaired) electrons. The quantitative estimate of drug-likeness (QED) is 0.241. The van der Waals surface area contributed by atoms with E-state index in [4.69, 9.17) is 4.74 Å². The van der Waals surface area contributed by atoms with Gasteiger partial charge in [-0.15, -0.1) is 0 Å². The first-order valence-corrected chi connectivity index (χ1v) is 13.9. The average Bonchev–Trinajstić information content (AvgIpc) is 2.98. The Balaban J connectivity index is 1.33. The van der Waals surface area contributed by atoms with Gasteiger partial charge in [0.2, 0.25) is 5.95 Å². The first-order valence-electron chi connectivity index (χ1n) is 13.9. The summed E-state index contributed by atoms with van der Waals surface area (Å²) in [6, 6.07) is 15.3. The molecule has 41 heavy (non-hydrogen) atoms. The molecule has 0 amide bonds. The molecule has 1 fully saturated rings. The summed E-state index contributed by atoms with van der Waals surface area (Å²) < 4.78 is 5.58. The number of ether oxygens (including phenoxy) is 1. The molecule has 11 heteroatoms. The molecule has 3 N–H and O–H groups in total. The summed E-state index contributed by atoms with van der Waals surface area (Å²) in [4.78, 5) is 37.5. The Morgan fingerprint density at radius 3 is 2.56 bits per heavy atom. The van der Waals surface area contributed by atoms with Gasteiger partial charge in [0.15, 0.2) is 5.82 Å². The summed E-state index contributed by atoms with van der Waals surface area (Å²) in [5.41, 5.74) is 4.32. The Hall–Kier alpha value is -4.64. The zero-order valence-corrected chi connectivity index (χ0v) is 23.6. The maximum absolute atomic E-state index is 12.7. The maximum Gasteiger partial charge on any atom is 0.310 e. The third-order valence-corrected chi connectivity index (χ3v) is 6.72. The molecule has 4 aromatic rings. The second kappa shape index (κ2) is 13.1. The fourth-order valence-electron chi connectivity index (χ4n) is 4.49. The summed E-state index contributed by atoms with van der Waals surface area (Å²) >= 11 is 0. The van der Waals surface area contributed by atoms with E-state index in [-0.39, 0.29) is 18.5 Å². The number of aromatic nitrogens is 5. The van der Waals surface area contributed by atoms with Crippen molar-refractivity contribution in [1.29, 1.82) is 0 Å². The van der Waals surface area contributed by atoms with Crippen molar-refractivity contribution in [2.75, 3.05) is 41.7 Å². The zero-order valence-electron chi connectivity index (χ0n) is 23.6. The van der Waals surface area contributed by atoms with Crippen molar-refractivity contribution in [1.82, 2.24) is 30.2 Å². The number of rotatable bonds is 10. The number of anilines is 5. The summed E-state index contributed by atoms with van der Waals surface area (Å²) in [5.74, 6) is 1.85. The highest BCUT2D eigenvalue weighted by Crippen LogP contribution is 2.27. The highest BCUT2D eigenvalue weighted by atomic mass is 16.5. The lowest BCUT2D eigenvalue weighted by atomic mass is 10.1. The van der Waals surface area contributed by atoms with Crippen molar-refractivity contribution in [3.63, 3.8) is 0 Å². The Bertz CT molecular complexity index is 1490. The number of nitrogens with one attached hydrogen (secondary N) is 3. The van der Waals surface area contributed by atoms with Crippen LogP contribution >= 0.6 is 0 Å². The van der Waals surface area contributed by atoms with Gasteiger partial charge in [0.05, 0.1) is 12.5 Å². The standard InChI is InChI=1S/C30H35N9O2/c1-4-21(3)41-28(40)19-22-18-23(8-9-25(22)39-16-14-31-15-17-39)35-30-33-13-11-27(38-30)36-26-10-12-32-29(37-26)24-7-5-6-20(2)34-24/h5-13,18,21,31H,4,14-17,19H2,1-3H3,(H2,32,33,35,36,37,38).